The van der Waals surface area contributed by atoms with Crippen molar-refractivity contribution in [3.63, 3.8) is 0 Å². The highest BCUT2D eigenvalue weighted by Crippen LogP contribution is 2.33. The van der Waals surface area contributed by atoms with Gasteiger partial charge >= 0.3 is 0 Å². The first-order chi connectivity index (χ1) is 13.2. The van der Waals surface area contributed by atoms with E-state index in [1.54, 1.807) is 6.20 Å². The van der Waals surface area contributed by atoms with Crippen LogP contribution in [0.2, 0.25) is 0 Å². The van der Waals surface area contributed by atoms with Crippen LogP contribution in [-0.4, -0.2) is 17.0 Å². The minimum Gasteiger partial charge on any atom is -0.462 e. The zero-order valence-corrected chi connectivity index (χ0v) is 15.5. The zero-order valence-electron chi connectivity index (χ0n) is 15.5. The van der Waals surface area contributed by atoms with E-state index in [-0.39, 0.29) is 6.10 Å². The van der Waals surface area contributed by atoms with E-state index in [0.717, 1.165) is 23.6 Å². The van der Waals surface area contributed by atoms with Crippen LogP contribution in [0.15, 0.2) is 77.3 Å². The molecule has 5 nitrogen and oxygen atoms in total. The molecule has 1 unspecified atom stereocenters. The van der Waals surface area contributed by atoms with Gasteiger partial charge in [-0.1, -0.05) is 36.4 Å². The maximum Gasteiger partial charge on any atom is 0.235 e. The molecule has 1 aromatic heterocycles. The average Bonchev–Trinajstić information content (AvgIpc) is 3.13. The van der Waals surface area contributed by atoms with Crippen molar-refractivity contribution in [2.75, 3.05) is 0 Å². The van der Waals surface area contributed by atoms with Gasteiger partial charge in [-0.15, -0.1) is 0 Å². The second-order valence-corrected chi connectivity index (χ2v) is 6.84. The molecule has 5 heteroatoms. The molecule has 0 saturated carbocycles. The molecule has 0 N–H and O–H groups in total. The molecule has 2 atom stereocenters. The summed E-state index contributed by atoms with van der Waals surface area (Å²) in [5.41, 5.74) is 2.16. The highest BCUT2D eigenvalue weighted by Gasteiger charge is 2.31. The molecular formula is C22H22N2O3. The summed E-state index contributed by atoms with van der Waals surface area (Å²) in [4.78, 5) is 9.86. The number of pyridine rings is 1. The second kappa shape index (κ2) is 7.66. The van der Waals surface area contributed by atoms with Gasteiger partial charge in [0.2, 0.25) is 5.90 Å². The van der Waals surface area contributed by atoms with Crippen LogP contribution in [0.25, 0.3) is 0 Å². The summed E-state index contributed by atoms with van der Waals surface area (Å²) >= 11 is 0. The lowest BCUT2D eigenvalue weighted by molar-refractivity contribution is 0.103. The van der Waals surface area contributed by atoms with E-state index < -0.39 is 0 Å². The van der Waals surface area contributed by atoms with Gasteiger partial charge in [-0.25, -0.2) is 0 Å². The number of nitrogens with zero attached hydrogens (tertiary/aromatic N) is 2. The molecule has 0 amide bonds. The van der Waals surface area contributed by atoms with Crippen LogP contribution in [0.1, 0.15) is 25.5 Å². The third kappa shape index (κ3) is 4.19. The van der Waals surface area contributed by atoms with E-state index in [4.69, 9.17) is 14.3 Å². The van der Waals surface area contributed by atoms with Gasteiger partial charge < -0.3 is 14.3 Å². The zero-order chi connectivity index (χ0) is 18.6. The van der Waals surface area contributed by atoms with E-state index in [2.05, 4.69) is 23.1 Å². The van der Waals surface area contributed by atoms with Crippen LogP contribution in [0.4, 0.5) is 0 Å². The van der Waals surface area contributed by atoms with E-state index in [1.165, 1.54) is 5.57 Å². The Bertz CT molecular complexity index is 886. The highest BCUT2D eigenvalue weighted by atomic mass is 16.7. The van der Waals surface area contributed by atoms with Crippen molar-refractivity contribution in [3.05, 3.63) is 77.8 Å². The maximum atomic E-state index is 5.96. The normalized spacial score (nSPS) is 21.6. The first kappa shape index (κ1) is 17.3. The Hall–Kier alpha value is -3.08. The number of oxime groups is 1. The molecule has 0 radical (unpaired) electrons. The molecule has 1 aromatic carbocycles. The number of rotatable bonds is 4. The van der Waals surface area contributed by atoms with Crippen molar-refractivity contribution in [1.82, 2.24) is 4.98 Å². The maximum absolute atomic E-state index is 5.96. The van der Waals surface area contributed by atoms with E-state index in [1.807, 2.05) is 55.5 Å². The van der Waals surface area contributed by atoms with Gasteiger partial charge in [0.15, 0.2) is 6.10 Å². The molecule has 0 fully saturated rings. The monoisotopic (exact) mass is 362 g/mol. The largest absolute Gasteiger partial charge is 0.462 e. The molecule has 27 heavy (non-hydrogen) atoms. The standard InChI is InChI=1S/C22H22N2O3/c1-15-12-18(25-17-6-4-3-5-7-17)10-11-20(15)21-13-22(24-27-21)26-19-9-8-16(2)23-14-19/h3-11,14-15,21H,12-13H2,1-2H3/t15?,21-/m1/s1. The molecule has 2 aliphatic rings. The molecule has 1 aliphatic heterocycles. The molecule has 0 bridgehead atoms. The van der Waals surface area contributed by atoms with Crippen molar-refractivity contribution in [2.24, 2.45) is 11.1 Å². The fraction of sp³-hybridized carbons (Fsp3) is 0.273. The van der Waals surface area contributed by atoms with Crippen LogP contribution < -0.4 is 9.47 Å². The third-order valence-corrected chi connectivity index (χ3v) is 4.66. The van der Waals surface area contributed by atoms with Crippen LogP contribution in [0.3, 0.4) is 0 Å². The molecule has 138 valence electrons. The van der Waals surface area contributed by atoms with Gasteiger partial charge in [-0.3, -0.25) is 4.98 Å². The van der Waals surface area contributed by atoms with E-state index >= 15 is 0 Å². The van der Waals surface area contributed by atoms with Crippen LogP contribution in [-0.2, 0) is 4.84 Å². The Morgan fingerprint density at radius 2 is 1.81 bits per heavy atom. The Labute approximate surface area is 159 Å². The molecule has 0 spiro atoms. The number of benzene rings is 1. The first-order valence-electron chi connectivity index (χ1n) is 9.14. The minimum absolute atomic E-state index is 0.0945. The fourth-order valence-electron chi connectivity index (χ4n) is 3.23. The Kier molecular flexibility index (Phi) is 4.92. The molecular weight excluding hydrogens is 340 g/mol. The first-order valence-corrected chi connectivity index (χ1v) is 9.14. The van der Waals surface area contributed by atoms with Crippen molar-refractivity contribution >= 4 is 5.90 Å². The molecule has 2 heterocycles. The van der Waals surface area contributed by atoms with Crippen molar-refractivity contribution in [1.29, 1.82) is 0 Å². The lowest BCUT2D eigenvalue weighted by Crippen LogP contribution is -2.21. The fourth-order valence-corrected chi connectivity index (χ4v) is 3.23. The van der Waals surface area contributed by atoms with Crippen LogP contribution >= 0.6 is 0 Å². The van der Waals surface area contributed by atoms with Crippen LogP contribution in [0, 0.1) is 12.8 Å². The van der Waals surface area contributed by atoms with Gasteiger partial charge in [0.25, 0.3) is 0 Å². The summed E-state index contributed by atoms with van der Waals surface area (Å²) in [6.45, 7) is 4.12. The molecule has 2 aromatic rings. The lowest BCUT2D eigenvalue weighted by Gasteiger charge is -2.24. The van der Waals surface area contributed by atoms with E-state index in [0.29, 0.717) is 24.0 Å². The van der Waals surface area contributed by atoms with Gasteiger partial charge in [0.05, 0.1) is 12.6 Å². The SMILES string of the molecule is Cc1ccc(OC2=NO[C@@H](C3=CC=C(Oc4ccccc4)CC3C)C2)cn1. The number of aromatic nitrogens is 1. The summed E-state index contributed by atoms with van der Waals surface area (Å²) in [6.07, 6.45) is 7.16. The predicted octanol–water partition coefficient (Wildman–Crippen LogP) is 4.80. The van der Waals surface area contributed by atoms with Gasteiger partial charge in [0, 0.05) is 12.1 Å². The lowest BCUT2D eigenvalue weighted by atomic mass is 9.87. The quantitative estimate of drug-likeness (QED) is 0.784. The Morgan fingerprint density at radius 3 is 2.56 bits per heavy atom. The van der Waals surface area contributed by atoms with Crippen LogP contribution in [0.5, 0.6) is 11.5 Å². The second-order valence-electron chi connectivity index (χ2n) is 6.84. The van der Waals surface area contributed by atoms with E-state index in [9.17, 15) is 0 Å². The summed E-state index contributed by atoms with van der Waals surface area (Å²) in [5.74, 6) is 3.38. The number of ether oxygens (including phenoxy) is 2. The van der Waals surface area contributed by atoms with Crippen molar-refractivity contribution in [2.45, 2.75) is 32.8 Å². The van der Waals surface area contributed by atoms with Crippen molar-refractivity contribution < 1.29 is 14.3 Å². The predicted molar refractivity (Wildman–Crippen MR) is 104 cm³/mol. The summed E-state index contributed by atoms with van der Waals surface area (Å²) in [6, 6.07) is 13.6. The average molecular weight is 362 g/mol. The number of hydrogen-bond donors (Lipinski definition) is 0. The minimum atomic E-state index is -0.0945. The van der Waals surface area contributed by atoms with Gasteiger partial charge in [0.1, 0.15) is 17.3 Å². The summed E-state index contributed by atoms with van der Waals surface area (Å²) in [5, 5.41) is 4.11. The number of aryl methyl sites for hydroxylation is 1. The molecule has 4 rings (SSSR count). The highest BCUT2D eigenvalue weighted by molar-refractivity contribution is 5.80. The summed E-state index contributed by atoms with van der Waals surface area (Å²) in [7, 11) is 0. The topological polar surface area (TPSA) is 52.9 Å². The van der Waals surface area contributed by atoms with Gasteiger partial charge in [-0.2, -0.15) is 0 Å². The molecule has 0 saturated heterocycles. The number of para-hydroxylation sites is 1. The third-order valence-electron chi connectivity index (χ3n) is 4.66. The number of allylic oxidation sites excluding steroid dienone is 3. The van der Waals surface area contributed by atoms with Gasteiger partial charge in [-0.05, 0) is 48.8 Å². The van der Waals surface area contributed by atoms with Crippen molar-refractivity contribution in [3.8, 4) is 11.5 Å². The molecule has 1 aliphatic carbocycles. The number of hydrogen-bond acceptors (Lipinski definition) is 5. The Morgan fingerprint density at radius 1 is 0.963 bits per heavy atom. The summed E-state index contributed by atoms with van der Waals surface area (Å²) < 4.78 is 11.7. The Balaban J connectivity index is 1.38. The smallest absolute Gasteiger partial charge is 0.235 e.